The van der Waals surface area contributed by atoms with Crippen molar-refractivity contribution in [1.82, 2.24) is 14.9 Å². The van der Waals surface area contributed by atoms with Gasteiger partial charge in [0.15, 0.2) is 0 Å². The standard InChI is InChI=1S/C12H20N6OS/c13-10-9-11(16-8-15-10)17-12(14,20-9)2-1-3-18-4-6-19-7-5-18/h8H,1-7,14H2,(H3,13,15,16,17). The highest BCUT2D eigenvalue weighted by atomic mass is 32.2. The van der Waals surface area contributed by atoms with E-state index in [9.17, 15) is 0 Å². The van der Waals surface area contributed by atoms with E-state index < -0.39 is 4.99 Å². The number of nitrogens with zero attached hydrogens (tertiary/aromatic N) is 3. The van der Waals surface area contributed by atoms with Crippen molar-refractivity contribution >= 4 is 23.4 Å². The quantitative estimate of drug-likeness (QED) is 0.729. The summed E-state index contributed by atoms with van der Waals surface area (Å²) in [6.07, 6.45) is 3.34. The normalized spacial score (nSPS) is 26.2. The molecule has 0 bridgehead atoms. The first-order valence-electron chi connectivity index (χ1n) is 6.83. The van der Waals surface area contributed by atoms with Gasteiger partial charge in [0, 0.05) is 13.1 Å². The first-order chi connectivity index (χ1) is 9.66. The van der Waals surface area contributed by atoms with Gasteiger partial charge in [0.05, 0.1) is 18.1 Å². The Bertz CT molecular complexity index is 481. The third-order valence-electron chi connectivity index (χ3n) is 3.57. The Labute approximate surface area is 122 Å². The summed E-state index contributed by atoms with van der Waals surface area (Å²) in [6, 6.07) is 0. The summed E-state index contributed by atoms with van der Waals surface area (Å²) in [4.78, 5) is 10.9. The zero-order valence-corrected chi connectivity index (χ0v) is 12.2. The highest BCUT2D eigenvalue weighted by molar-refractivity contribution is 8.01. The molecule has 20 heavy (non-hydrogen) atoms. The van der Waals surface area contributed by atoms with Crippen molar-refractivity contribution in [3.63, 3.8) is 0 Å². The van der Waals surface area contributed by atoms with Crippen molar-refractivity contribution in [3.8, 4) is 0 Å². The lowest BCUT2D eigenvalue weighted by molar-refractivity contribution is 0.0370. The fourth-order valence-electron chi connectivity index (χ4n) is 2.49. The van der Waals surface area contributed by atoms with Crippen molar-refractivity contribution in [1.29, 1.82) is 0 Å². The van der Waals surface area contributed by atoms with Crippen LogP contribution in [0, 0.1) is 0 Å². The highest BCUT2D eigenvalue weighted by Crippen LogP contribution is 2.45. The van der Waals surface area contributed by atoms with Crippen LogP contribution in [0.2, 0.25) is 0 Å². The van der Waals surface area contributed by atoms with Crippen LogP contribution in [-0.2, 0) is 4.74 Å². The molecule has 0 radical (unpaired) electrons. The second-order valence-electron chi connectivity index (χ2n) is 5.11. The molecule has 3 rings (SSSR count). The van der Waals surface area contributed by atoms with Crippen LogP contribution in [0.3, 0.4) is 0 Å². The van der Waals surface area contributed by atoms with Crippen molar-refractivity contribution in [3.05, 3.63) is 6.33 Å². The Morgan fingerprint density at radius 3 is 2.95 bits per heavy atom. The summed E-state index contributed by atoms with van der Waals surface area (Å²) in [5, 5.41) is 3.26. The van der Waals surface area contributed by atoms with E-state index in [-0.39, 0.29) is 0 Å². The number of nitrogens with one attached hydrogen (secondary N) is 1. The van der Waals surface area contributed by atoms with E-state index in [1.165, 1.54) is 18.1 Å². The number of aromatic nitrogens is 2. The minimum atomic E-state index is -0.529. The van der Waals surface area contributed by atoms with Gasteiger partial charge in [-0.1, -0.05) is 11.8 Å². The van der Waals surface area contributed by atoms with Gasteiger partial charge in [-0.15, -0.1) is 0 Å². The molecule has 1 aromatic heterocycles. The number of nitrogen functional groups attached to an aromatic ring is 1. The Hall–Kier alpha value is -1.09. The maximum atomic E-state index is 6.38. The van der Waals surface area contributed by atoms with Crippen molar-refractivity contribution in [2.75, 3.05) is 43.9 Å². The summed E-state index contributed by atoms with van der Waals surface area (Å²) in [6.45, 7) is 4.73. The molecule has 2 aliphatic rings. The van der Waals surface area contributed by atoms with Crippen LogP contribution >= 0.6 is 11.8 Å². The van der Waals surface area contributed by atoms with E-state index in [4.69, 9.17) is 16.2 Å². The molecule has 1 aromatic rings. The van der Waals surface area contributed by atoms with Crippen LogP contribution in [0.25, 0.3) is 0 Å². The molecule has 0 aromatic carbocycles. The van der Waals surface area contributed by atoms with E-state index >= 15 is 0 Å². The van der Waals surface area contributed by atoms with Gasteiger partial charge < -0.3 is 15.8 Å². The molecule has 1 fully saturated rings. The van der Waals surface area contributed by atoms with E-state index in [1.54, 1.807) is 0 Å². The van der Waals surface area contributed by atoms with Crippen molar-refractivity contribution in [2.45, 2.75) is 22.7 Å². The van der Waals surface area contributed by atoms with E-state index in [0.717, 1.165) is 56.4 Å². The molecule has 8 heteroatoms. The SMILES string of the molecule is Nc1ncnc2c1SC(N)(CCCN1CCOCC1)N2. The fourth-order valence-corrected chi connectivity index (χ4v) is 3.60. The third kappa shape index (κ3) is 2.98. The molecular weight excluding hydrogens is 276 g/mol. The van der Waals surface area contributed by atoms with Crippen LogP contribution in [0.1, 0.15) is 12.8 Å². The van der Waals surface area contributed by atoms with Gasteiger partial charge in [-0.2, -0.15) is 0 Å². The predicted molar refractivity (Wildman–Crippen MR) is 79.3 cm³/mol. The molecule has 0 amide bonds. The number of nitrogens with two attached hydrogens (primary N) is 2. The maximum absolute atomic E-state index is 6.38. The number of rotatable bonds is 4. The average Bonchev–Trinajstić information content (AvgIpc) is 2.78. The molecule has 5 N–H and O–H groups in total. The summed E-state index contributed by atoms with van der Waals surface area (Å²) in [5.41, 5.74) is 12.2. The molecule has 1 unspecified atom stereocenters. The monoisotopic (exact) mass is 296 g/mol. The minimum Gasteiger partial charge on any atom is -0.383 e. The van der Waals surface area contributed by atoms with Gasteiger partial charge in [0.2, 0.25) is 0 Å². The first-order valence-corrected chi connectivity index (χ1v) is 7.65. The van der Waals surface area contributed by atoms with Crippen molar-refractivity contribution < 1.29 is 4.74 Å². The number of morpholine rings is 1. The molecule has 1 saturated heterocycles. The minimum absolute atomic E-state index is 0.494. The molecule has 110 valence electrons. The summed E-state index contributed by atoms with van der Waals surface area (Å²) in [7, 11) is 0. The molecule has 0 aliphatic carbocycles. The van der Waals surface area contributed by atoms with Crippen LogP contribution in [-0.4, -0.2) is 52.7 Å². The third-order valence-corrected chi connectivity index (χ3v) is 4.85. The summed E-state index contributed by atoms with van der Waals surface area (Å²) < 4.78 is 5.34. The Morgan fingerprint density at radius 1 is 1.40 bits per heavy atom. The molecule has 2 aliphatic heterocycles. The Morgan fingerprint density at radius 2 is 2.20 bits per heavy atom. The number of fused-ring (bicyclic) bond motifs is 1. The Balaban J connectivity index is 1.52. The number of hydrogen-bond donors (Lipinski definition) is 3. The van der Waals surface area contributed by atoms with Crippen LogP contribution in [0.4, 0.5) is 11.6 Å². The van der Waals surface area contributed by atoms with Crippen LogP contribution in [0.15, 0.2) is 11.2 Å². The lowest BCUT2D eigenvalue weighted by Crippen LogP contribution is -2.43. The fraction of sp³-hybridized carbons (Fsp3) is 0.667. The van der Waals surface area contributed by atoms with Gasteiger partial charge in [-0.25, -0.2) is 9.97 Å². The number of hydrogen-bond acceptors (Lipinski definition) is 8. The zero-order chi connectivity index (χ0) is 14.0. The van der Waals surface area contributed by atoms with Gasteiger partial charge in [-0.3, -0.25) is 10.6 Å². The van der Waals surface area contributed by atoms with Gasteiger partial charge in [-0.05, 0) is 19.4 Å². The molecule has 1 atom stereocenters. The molecule has 7 nitrogen and oxygen atoms in total. The van der Waals surface area contributed by atoms with Gasteiger partial charge in [0.1, 0.15) is 23.0 Å². The number of ether oxygens (including phenoxy) is 1. The lowest BCUT2D eigenvalue weighted by atomic mass is 10.2. The number of thioether (sulfide) groups is 1. The Kier molecular flexibility index (Phi) is 3.97. The predicted octanol–water partition coefficient (Wildman–Crippen LogP) is 0.301. The molecular formula is C12H20N6OS. The zero-order valence-electron chi connectivity index (χ0n) is 11.3. The highest BCUT2D eigenvalue weighted by Gasteiger charge is 2.36. The van der Waals surface area contributed by atoms with E-state index in [2.05, 4.69) is 20.2 Å². The van der Waals surface area contributed by atoms with Crippen molar-refractivity contribution in [2.24, 2.45) is 5.73 Å². The van der Waals surface area contributed by atoms with Crippen LogP contribution in [0.5, 0.6) is 0 Å². The van der Waals surface area contributed by atoms with E-state index in [1.807, 2.05) is 0 Å². The summed E-state index contributed by atoms with van der Waals surface area (Å²) in [5.74, 6) is 1.24. The second kappa shape index (κ2) is 5.72. The van der Waals surface area contributed by atoms with Gasteiger partial charge >= 0.3 is 0 Å². The second-order valence-corrected chi connectivity index (χ2v) is 6.45. The maximum Gasteiger partial charge on any atom is 0.147 e. The van der Waals surface area contributed by atoms with Gasteiger partial charge in [0.25, 0.3) is 0 Å². The molecule has 0 spiro atoms. The largest absolute Gasteiger partial charge is 0.383 e. The summed E-state index contributed by atoms with van der Waals surface area (Å²) >= 11 is 1.53. The lowest BCUT2D eigenvalue weighted by Gasteiger charge is -2.28. The molecule has 0 saturated carbocycles. The average molecular weight is 296 g/mol. The van der Waals surface area contributed by atoms with E-state index in [0.29, 0.717) is 5.82 Å². The topological polar surface area (TPSA) is 102 Å². The first kappa shape index (κ1) is 13.9. The number of anilines is 2. The van der Waals surface area contributed by atoms with Crippen LogP contribution < -0.4 is 16.8 Å². The molecule has 3 heterocycles. The smallest absolute Gasteiger partial charge is 0.147 e.